The summed E-state index contributed by atoms with van der Waals surface area (Å²) in [6, 6.07) is 2.26. The second-order valence-corrected chi connectivity index (χ2v) is 10.2. The molecule has 1 fully saturated rings. The summed E-state index contributed by atoms with van der Waals surface area (Å²) >= 11 is 0. The van der Waals surface area contributed by atoms with Gasteiger partial charge in [-0.25, -0.2) is 8.42 Å². The van der Waals surface area contributed by atoms with E-state index in [2.05, 4.69) is 26.8 Å². The lowest BCUT2D eigenvalue weighted by molar-refractivity contribution is 0.141. The van der Waals surface area contributed by atoms with Crippen LogP contribution in [0.5, 0.6) is 0 Å². The SMILES string of the molecule is CCC(C)(C)C1CCC(C#N)C(S(=O)(=O)C(C)C(C)C)C1. The van der Waals surface area contributed by atoms with Gasteiger partial charge in [0.25, 0.3) is 0 Å². The van der Waals surface area contributed by atoms with Gasteiger partial charge in [0.1, 0.15) is 0 Å². The van der Waals surface area contributed by atoms with Crippen LogP contribution in [-0.2, 0) is 9.84 Å². The zero-order chi connectivity index (χ0) is 16.4. The largest absolute Gasteiger partial charge is 0.228 e. The highest BCUT2D eigenvalue weighted by molar-refractivity contribution is 7.92. The Hall–Kier alpha value is -0.560. The van der Waals surface area contributed by atoms with Gasteiger partial charge >= 0.3 is 0 Å². The summed E-state index contributed by atoms with van der Waals surface area (Å²) in [6.45, 7) is 12.3. The molecule has 0 amide bonds. The van der Waals surface area contributed by atoms with Gasteiger partial charge in [-0.1, -0.05) is 41.0 Å². The minimum absolute atomic E-state index is 0.0916. The van der Waals surface area contributed by atoms with Gasteiger partial charge in [-0.3, -0.25) is 0 Å². The summed E-state index contributed by atoms with van der Waals surface area (Å²) in [5.74, 6) is 0.153. The zero-order valence-corrected chi connectivity index (χ0v) is 15.2. The maximum atomic E-state index is 12.9. The van der Waals surface area contributed by atoms with E-state index in [1.165, 1.54) is 0 Å². The van der Waals surface area contributed by atoms with Gasteiger partial charge in [0, 0.05) is 0 Å². The molecular weight excluding hydrogens is 282 g/mol. The Morgan fingerprint density at radius 3 is 2.24 bits per heavy atom. The Labute approximate surface area is 131 Å². The van der Waals surface area contributed by atoms with Crippen molar-refractivity contribution in [2.45, 2.75) is 77.7 Å². The van der Waals surface area contributed by atoms with Gasteiger partial charge in [-0.15, -0.1) is 0 Å². The third kappa shape index (κ3) is 3.80. The van der Waals surface area contributed by atoms with Crippen LogP contribution in [0.25, 0.3) is 0 Å². The highest BCUT2D eigenvalue weighted by Crippen LogP contribution is 2.44. The molecule has 0 aromatic heterocycles. The molecule has 0 spiro atoms. The monoisotopic (exact) mass is 313 g/mol. The molecule has 1 saturated carbocycles. The molecule has 0 aromatic carbocycles. The second-order valence-electron chi connectivity index (χ2n) is 7.66. The van der Waals surface area contributed by atoms with Crippen molar-refractivity contribution in [2.75, 3.05) is 0 Å². The molecule has 4 unspecified atom stereocenters. The van der Waals surface area contributed by atoms with Crippen molar-refractivity contribution in [3.63, 3.8) is 0 Å². The minimum atomic E-state index is -3.25. The van der Waals surface area contributed by atoms with Crippen LogP contribution < -0.4 is 0 Å². The summed E-state index contributed by atoms with van der Waals surface area (Å²) in [4.78, 5) is 0. The Kier molecular flexibility index (Phi) is 5.89. The summed E-state index contributed by atoms with van der Waals surface area (Å²) < 4.78 is 25.8. The fourth-order valence-corrected chi connectivity index (χ4v) is 5.76. The average Bonchev–Trinajstić information content (AvgIpc) is 2.45. The van der Waals surface area contributed by atoms with Crippen LogP contribution in [0.4, 0.5) is 0 Å². The van der Waals surface area contributed by atoms with Crippen molar-refractivity contribution < 1.29 is 8.42 Å². The number of nitrogens with zero attached hydrogens (tertiary/aromatic N) is 1. The van der Waals surface area contributed by atoms with Crippen LogP contribution >= 0.6 is 0 Å². The summed E-state index contributed by atoms with van der Waals surface area (Å²) in [6.07, 6.45) is 3.39. The maximum Gasteiger partial charge on any atom is 0.157 e. The average molecular weight is 314 g/mol. The van der Waals surface area contributed by atoms with Crippen molar-refractivity contribution in [3.05, 3.63) is 0 Å². The van der Waals surface area contributed by atoms with E-state index in [0.29, 0.717) is 12.3 Å². The predicted molar refractivity (Wildman–Crippen MR) is 87.5 cm³/mol. The fraction of sp³-hybridized carbons (Fsp3) is 0.941. The summed E-state index contributed by atoms with van der Waals surface area (Å²) in [7, 11) is -3.25. The molecule has 0 saturated heterocycles. The van der Waals surface area contributed by atoms with Gasteiger partial charge < -0.3 is 0 Å². The van der Waals surface area contributed by atoms with E-state index >= 15 is 0 Å². The van der Waals surface area contributed by atoms with Crippen molar-refractivity contribution in [1.82, 2.24) is 0 Å². The molecule has 4 atom stereocenters. The third-order valence-corrected chi connectivity index (χ3v) is 8.80. The lowest BCUT2D eigenvalue weighted by atomic mass is 9.67. The highest BCUT2D eigenvalue weighted by Gasteiger charge is 2.45. The van der Waals surface area contributed by atoms with Crippen LogP contribution in [0.15, 0.2) is 0 Å². The van der Waals surface area contributed by atoms with Crippen LogP contribution in [-0.4, -0.2) is 18.9 Å². The first-order chi connectivity index (χ1) is 9.57. The molecular formula is C17H31NO2S. The van der Waals surface area contributed by atoms with Crippen LogP contribution in [0.1, 0.15) is 67.2 Å². The Balaban J connectivity index is 3.09. The molecule has 122 valence electrons. The van der Waals surface area contributed by atoms with E-state index in [1.807, 2.05) is 13.8 Å². The van der Waals surface area contributed by atoms with Gasteiger partial charge in [0.15, 0.2) is 9.84 Å². The number of nitriles is 1. The van der Waals surface area contributed by atoms with Crippen molar-refractivity contribution in [1.29, 1.82) is 5.26 Å². The van der Waals surface area contributed by atoms with E-state index in [9.17, 15) is 13.7 Å². The molecule has 21 heavy (non-hydrogen) atoms. The molecule has 0 radical (unpaired) electrons. The zero-order valence-electron chi connectivity index (χ0n) is 14.4. The molecule has 3 nitrogen and oxygen atoms in total. The van der Waals surface area contributed by atoms with Crippen molar-refractivity contribution in [3.8, 4) is 6.07 Å². The van der Waals surface area contributed by atoms with Gasteiger partial charge in [0.2, 0.25) is 0 Å². The van der Waals surface area contributed by atoms with Crippen LogP contribution in [0.3, 0.4) is 0 Å². The standard InChI is InChI=1S/C17H31NO2S/c1-7-17(5,6)15-9-8-14(11-18)16(10-15)21(19,20)13(4)12(2)3/h12-16H,7-10H2,1-6H3. The maximum absolute atomic E-state index is 12.9. The van der Waals surface area contributed by atoms with E-state index in [1.54, 1.807) is 6.92 Å². The molecule has 1 aliphatic carbocycles. The van der Waals surface area contributed by atoms with Gasteiger partial charge in [0.05, 0.1) is 22.5 Å². The molecule has 1 rings (SSSR count). The molecule has 0 aliphatic heterocycles. The van der Waals surface area contributed by atoms with E-state index < -0.39 is 15.1 Å². The van der Waals surface area contributed by atoms with Gasteiger partial charge in [-0.05, 0) is 43.4 Å². The predicted octanol–water partition coefficient (Wildman–Crippen LogP) is 4.19. The normalized spacial score (nSPS) is 29.1. The number of rotatable bonds is 5. The van der Waals surface area contributed by atoms with E-state index in [0.717, 1.165) is 19.3 Å². The first-order valence-corrected chi connectivity index (χ1v) is 9.81. The third-order valence-electron chi connectivity index (χ3n) is 5.85. The van der Waals surface area contributed by atoms with Crippen LogP contribution in [0, 0.1) is 34.5 Å². The number of hydrogen-bond donors (Lipinski definition) is 0. The first kappa shape index (κ1) is 18.5. The molecule has 4 heteroatoms. The lowest BCUT2D eigenvalue weighted by Crippen LogP contribution is -2.44. The topological polar surface area (TPSA) is 57.9 Å². The highest BCUT2D eigenvalue weighted by atomic mass is 32.2. The Morgan fingerprint density at radius 1 is 1.24 bits per heavy atom. The smallest absolute Gasteiger partial charge is 0.157 e. The molecule has 0 heterocycles. The second kappa shape index (κ2) is 6.69. The Morgan fingerprint density at radius 2 is 1.81 bits per heavy atom. The minimum Gasteiger partial charge on any atom is -0.228 e. The number of hydrogen-bond acceptors (Lipinski definition) is 3. The summed E-state index contributed by atoms with van der Waals surface area (Å²) in [5.41, 5.74) is 0.148. The number of sulfone groups is 1. The van der Waals surface area contributed by atoms with Gasteiger partial charge in [-0.2, -0.15) is 5.26 Å². The molecule has 1 aliphatic rings. The van der Waals surface area contributed by atoms with Crippen molar-refractivity contribution in [2.24, 2.45) is 23.2 Å². The molecule has 0 bridgehead atoms. The van der Waals surface area contributed by atoms with E-state index in [-0.39, 0.29) is 22.5 Å². The quantitative estimate of drug-likeness (QED) is 0.764. The molecule has 0 N–H and O–H groups in total. The summed E-state index contributed by atoms with van der Waals surface area (Å²) in [5, 5.41) is 8.52. The van der Waals surface area contributed by atoms with E-state index in [4.69, 9.17) is 0 Å². The Bertz CT molecular complexity index is 487. The van der Waals surface area contributed by atoms with Crippen LogP contribution in [0.2, 0.25) is 0 Å². The fourth-order valence-electron chi connectivity index (χ4n) is 3.29. The lowest BCUT2D eigenvalue weighted by Gasteiger charge is -2.42. The van der Waals surface area contributed by atoms with Crippen molar-refractivity contribution >= 4 is 9.84 Å². The first-order valence-electron chi connectivity index (χ1n) is 8.20. The molecule has 0 aromatic rings.